The number of carboxylic acid groups (broad SMARTS) is 1. The molecule has 88 valence electrons. The molecule has 1 unspecified atom stereocenters. The van der Waals surface area contributed by atoms with Crippen LogP contribution in [0.1, 0.15) is 29.7 Å². The minimum atomic E-state index is -0.906. The second-order valence-electron chi connectivity index (χ2n) is 4.37. The Morgan fingerprint density at radius 3 is 3.00 bits per heavy atom. The number of hydrogen-bond donors (Lipinski definition) is 1. The number of likely N-dealkylation sites (N-methyl/N-ethyl adjacent to an activating group) is 1. The van der Waals surface area contributed by atoms with E-state index in [0.717, 1.165) is 31.0 Å². The number of carbonyl (C=O) groups is 1. The van der Waals surface area contributed by atoms with Gasteiger partial charge in [0.05, 0.1) is 5.69 Å². The van der Waals surface area contributed by atoms with Crippen molar-refractivity contribution in [3.05, 3.63) is 17.3 Å². The minimum Gasteiger partial charge on any atom is -0.481 e. The standard InChI is InChI=1S/C11H16N2O3/c1-7-11(8-3-4-13(2)6-8)12-9(16-7)5-10(14)15/h8H,3-6H2,1-2H3,(H,14,15). The Hall–Kier alpha value is -1.36. The lowest BCUT2D eigenvalue weighted by molar-refractivity contribution is -0.136. The van der Waals surface area contributed by atoms with Crippen LogP contribution < -0.4 is 0 Å². The van der Waals surface area contributed by atoms with Crippen molar-refractivity contribution < 1.29 is 14.3 Å². The molecule has 0 amide bonds. The summed E-state index contributed by atoms with van der Waals surface area (Å²) in [5, 5.41) is 8.67. The van der Waals surface area contributed by atoms with Crippen LogP contribution in [0.3, 0.4) is 0 Å². The molecule has 1 aromatic rings. The van der Waals surface area contributed by atoms with Crippen LogP contribution in [0.4, 0.5) is 0 Å². The lowest BCUT2D eigenvalue weighted by Gasteiger charge is -2.07. The van der Waals surface area contributed by atoms with Crippen molar-refractivity contribution in [2.24, 2.45) is 0 Å². The van der Waals surface area contributed by atoms with Gasteiger partial charge in [-0.3, -0.25) is 4.79 Å². The first-order valence-corrected chi connectivity index (χ1v) is 5.43. The summed E-state index contributed by atoms with van der Waals surface area (Å²) in [6.07, 6.45) is 0.930. The van der Waals surface area contributed by atoms with Crippen LogP contribution in [-0.2, 0) is 11.2 Å². The molecule has 0 aliphatic carbocycles. The molecule has 0 aromatic carbocycles. The molecule has 5 heteroatoms. The summed E-state index contributed by atoms with van der Waals surface area (Å²) in [5.41, 5.74) is 0.931. The van der Waals surface area contributed by atoms with Crippen molar-refractivity contribution in [2.75, 3.05) is 20.1 Å². The van der Waals surface area contributed by atoms with Gasteiger partial charge >= 0.3 is 5.97 Å². The number of hydrogen-bond acceptors (Lipinski definition) is 4. The molecule has 5 nitrogen and oxygen atoms in total. The third-order valence-electron chi connectivity index (χ3n) is 2.96. The van der Waals surface area contributed by atoms with E-state index in [1.165, 1.54) is 0 Å². The van der Waals surface area contributed by atoms with Crippen LogP contribution >= 0.6 is 0 Å². The van der Waals surface area contributed by atoms with E-state index in [4.69, 9.17) is 9.52 Å². The number of nitrogens with zero attached hydrogens (tertiary/aromatic N) is 2. The third-order valence-corrected chi connectivity index (χ3v) is 2.96. The fourth-order valence-corrected chi connectivity index (χ4v) is 2.21. The molecule has 2 rings (SSSR count). The number of aliphatic carboxylic acids is 1. The highest BCUT2D eigenvalue weighted by atomic mass is 16.4. The van der Waals surface area contributed by atoms with Gasteiger partial charge in [-0.15, -0.1) is 0 Å². The van der Waals surface area contributed by atoms with Gasteiger partial charge in [-0.05, 0) is 26.9 Å². The van der Waals surface area contributed by atoms with Gasteiger partial charge in [-0.25, -0.2) is 4.98 Å². The van der Waals surface area contributed by atoms with E-state index >= 15 is 0 Å². The van der Waals surface area contributed by atoms with Crippen LogP contribution in [0.25, 0.3) is 0 Å². The van der Waals surface area contributed by atoms with Gasteiger partial charge in [-0.1, -0.05) is 0 Å². The Morgan fingerprint density at radius 1 is 1.69 bits per heavy atom. The molecule has 1 N–H and O–H groups in total. The average molecular weight is 224 g/mol. The highest BCUT2D eigenvalue weighted by molar-refractivity contribution is 5.68. The van der Waals surface area contributed by atoms with Crippen LogP contribution in [0.15, 0.2) is 4.42 Å². The van der Waals surface area contributed by atoms with E-state index in [0.29, 0.717) is 11.8 Å². The molecular formula is C11H16N2O3. The second kappa shape index (κ2) is 4.25. The Kier molecular flexibility index (Phi) is 2.96. The highest BCUT2D eigenvalue weighted by Gasteiger charge is 2.26. The van der Waals surface area contributed by atoms with Crippen LogP contribution in [-0.4, -0.2) is 41.1 Å². The molecule has 1 aromatic heterocycles. The van der Waals surface area contributed by atoms with Gasteiger partial charge in [0, 0.05) is 12.5 Å². The first kappa shape index (κ1) is 11.1. The van der Waals surface area contributed by atoms with E-state index in [-0.39, 0.29) is 6.42 Å². The molecule has 1 aliphatic rings. The lowest BCUT2D eigenvalue weighted by atomic mass is 10.0. The molecule has 0 radical (unpaired) electrons. The quantitative estimate of drug-likeness (QED) is 0.830. The van der Waals surface area contributed by atoms with Crippen molar-refractivity contribution in [2.45, 2.75) is 25.7 Å². The fourth-order valence-electron chi connectivity index (χ4n) is 2.21. The number of aromatic nitrogens is 1. The molecule has 1 aliphatic heterocycles. The summed E-state index contributed by atoms with van der Waals surface area (Å²) in [6.45, 7) is 3.89. The first-order valence-electron chi connectivity index (χ1n) is 5.43. The number of carboxylic acids is 1. The van der Waals surface area contributed by atoms with Crippen molar-refractivity contribution in [1.82, 2.24) is 9.88 Å². The molecule has 1 fully saturated rings. The summed E-state index contributed by atoms with van der Waals surface area (Å²) in [5.74, 6) is 0.554. The third kappa shape index (κ3) is 2.24. The Bertz CT molecular complexity index is 400. The molecule has 1 saturated heterocycles. The molecule has 2 heterocycles. The predicted octanol–water partition coefficient (Wildman–Crippen LogP) is 1.03. The zero-order valence-electron chi connectivity index (χ0n) is 9.56. The van der Waals surface area contributed by atoms with Gasteiger partial charge < -0.3 is 14.4 Å². The smallest absolute Gasteiger partial charge is 0.312 e. The first-order chi connectivity index (χ1) is 7.56. The number of oxazole rings is 1. The summed E-state index contributed by atoms with van der Waals surface area (Å²) in [6, 6.07) is 0. The van der Waals surface area contributed by atoms with E-state index in [9.17, 15) is 4.79 Å². The molecule has 0 saturated carbocycles. The maximum absolute atomic E-state index is 10.6. The summed E-state index contributed by atoms with van der Waals surface area (Å²) >= 11 is 0. The van der Waals surface area contributed by atoms with Crippen molar-refractivity contribution in [3.8, 4) is 0 Å². The van der Waals surface area contributed by atoms with E-state index in [1.54, 1.807) is 0 Å². The predicted molar refractivity (Wildman–Crippen MR) is 57.4 cm³/mol. The van der Waals surface area contributed by atoms with Gasteiger partial charge in [0.25, 0.3) is 0 Å². The second-order valence-corrected chi connectivity index (χ2v) is 4.37. The lowest BCUT2D eigenvalue weighted by Crippen LogP contribution is -2.13. The van der Waals surface area contributed by atoms with E-state index in [1.807, 2.05) is 6.92 Å². The number of rotatable bonds is 3. The number of likely N-dealkylation sites (tertiary alicyclic amines) is 1. The van der Waals surface area contributed by atoms with Crippen molar-refractivity contribution in [3.63, 3.8) is 0 Å². The average Bonchev–Trinajstić information content (AvgIpc) is 2.72. The largest absolute Gasteiger partial charge is 0.481 e. The topological polar surface area (TPSA) is 66.6 Å². The molecule has 0 bridgehead atoms. The molecule has 16 heavy (non-hydrogen) atoms. The van der Waals surface area contributed by atoms with Crippen LogP contribution in [0.5, 0.6) is 0 Å². The van der Waals surface area contributed by atoms with Gasteiger partial charge in [0.2, 0.25) is 5.89 Å². The normalized spacial score (nSPS) is 21.5. The van der Waals surface area contributed by atoms with E-state index in [2.05, 4.69) is 16.9 Å². The Labute approximate surface area is 94.1 Å². The summed E-state index contributed by atoms with van der Waals surface area (Å²) in [7, 11) is 2.08. The van der Waals surface area contributed by atoms with Gasteiger partial charge in [0.15, 0.2) is 0 Å². The van der Waals surface area contributed by atoms with E-state index < -0.39 is 5.97 Å². The zero-order valence-corrected chi connectivity index (χ0v) is 9.56. The fraction of sp³-hybridized carbons (Fsp3) is 0.636. The Morgan fingerprint density at radius 2 is 2.44 bits per heavy atom. The van der Waals surface area contributed by atoms with Crippen molar-refractivity contribution >= 4 is 5.97 Å². The minimum absolute atomic E-state index is 0.136. The maximum atomic E-state index is 10.6. The molecule has 1 atom stereocenters. The highest BCUT2D eigenvalue weighted by Crippen LogP contribution is 2.28. The maximum Gasteiger partial charge on any atom is 0.312 e. The van der Waals surface area contributed by atoms with Crippen LogP contribution in [0, 0.1) is 6.92 Å². The monoisotopic (exact) mass is 224 g/mol. The van der Waals surface area contributed by atoms with Gasteiger partial charge in [0.1, 0.15) is 12.2 Å². The summed E-state index contributed by atoms with van der Waals surface area (Å²) in [4.78, 5) is 17.1. The summed E-state index contributed by atoms with van der Waals surface area (Å²) < 4.78 is 5.36. The molecule has 0 spiro atoms. The zero-order chi connectivity index (χ0) is 11.7. The van der Waals surface area contributed by atoms with Gasteiger partial charge in [-0.2, -0.15) is 0 Å². The molecular weight excluding hydrogens is 208 g/mol. The SMILES string of the molecule is Cc1oc(CC(=O)O)nc1C1CCN(C)C1. The number of aryl methyl sites for hydroxylation is 1. The van der Waals surface area contributed by atoms with Crippen LogP contribution in [0.2, 0.25) is 0 Å². The van der Waals surface area contributed by atoms with Crippen molar-refractivity contribution in [1.29, 1.82) is 0 Å². The Balaban J connectivity index is 2.15.